The summed E-state index contributed by atoms with van der Waals surface area (Å²) in [5, 5.41) is 12.0. The number of nitrogens with one attached hydrogen (secondary N) is 1. The number of benzene rings is 2. The number of carboxylic acid groups (broad SMARTS) is 1. The molecule has 8 N–H and O–H groups in total. The lowest BCUT2D eigenvalue weighted by atomic mass is 10.2. The van der Waals surface area contributed by atoms with Crippen LogP contribution in [0.15, 0.2) is 109 Å². The molecule has 0 unspecified atom stereocenters. The Kier molecular flexibility index (Phi) is 18.6. The monoisotopic (exact) mass is 900 g/mol. The number of Topliss-reactive ketones (excluding diaryl/α,β-unsaturated/α-hetero) is 2. The highest BCUT2D eigenvalue weighted by molar-refractivity contribution is 7.17. The number of ketones is 2. The number of ether oxygens (including phenoxy) is 2. The molecule has 6 rings (SSSR count). The molecule has 0 saturated heterocycles. The molecule has 0 saturated carbocycles. The van der Waals surface area contributed by atoms with E-state index in [1.54, 1.807) is 62.5 Å². The van der Waals surface area contributed by atoms with Gasteiger partial charge in [0.05, 0.1) is 26.3 Å². The molecule has 2 aromatic carbocycles. The number of pyridine rings is 2. The molecule has 17 heteroatoms. The second-order valence-electron chi connectivity index (χ2n) is 12.5. The molecule has 1 amide bonds. The second kappa shape index (κ2) is 24.0. The Hall–Kier alpha value is -6.36. The van der Waals surface area contributed by atoms with Gasteiger partial charge in [-0.25, -0.2) is 14.8 Å². The molecule has 4 aromatic heterocycles. The topological polar surface area (TPSA) is 223 Å². The maximum Gasteiger partial charge on any atom is 0.328 e. The SMILES string of the molecule is CC(=O)c1ccc(-c2ccc(OCCN)c(Cl)c2)s1.CC(=O)c1ccc(-c2ccc(OCCNC(=O)/C=C/c3ccc(N)nc3)c(Cl)c2)s1.Nc1ccc(/C=C/C(=O)O)cn1. The van der Waals surface area contributed by atoms with Gasteiger partial charge in [0.15, 0.2) is 11.6 Å². The van der Waals surface area contributed by atoms with E-state index in [2.05, 4.69) is 15.3 Å². The summed E-state index contributed by atoms with van der Waals surface area (Å²) >= 11 is 15.4. The van der Waals surface area contributed by atoms with Crippen LogP contribution in [0.1, 0.15) is 44.3 Å². The minimum Gasteiger partial charge on any atom is -0.491 e. The summed E-state index contributed by atoms with van der Waals surface area (Å²) in [5.41, 5.74) is 19.6. The fourth-order valence-corrected chi connectivity index (χ4v) is 7.11. The molecule has 6 aromatic rings. The molecular weight excluding hydrogens is 860 g/mol. The lowest BCUT2D eigenvalue weighted by molar-refractivity contribution is -0.131. The first-order valence-electron chi connectivity index (χ1n) is 18.3. The van der Waals surface area contributed by atoms with Gasteiger partial charge >= 0.3 is 5.97 Å². The molecule has 0 atom stereocenters. The summed E-state index contributed by atoms with van der Waals surface area (Å²) < 4.78 is 11.1. The zero-order chi connectivity index (χ0) is 44.3. The number of rotatable bonds is 15. The Morgan fingerprint density at radius 3 is 1.56 bits per heavy atom. The minimum atomic E-state index is -0.980. The number of hydrogen-bond acceptors (Lipinski definition) is 13. The highest BCUT2D eigenvalue weighted by atomic mass is 35.5. The van der Waals surface area contributed by atoms with Crippen LogP contribution in [0.5, 0.6) is 11.5 Å². The van der Waals surface area contributed by atoms with E-state index in [9.17, 15) is 19.2 Å². The van der Waals surface area contributed by atoms with Gasteiger partial charge in [0, 0.05) is 40.8 Å². The third kappa shape index (κ3) is 16.0. The predicted octanol–water partition coefficient (Wildman–Crippen LogP) is 8.83. The summed E-state index contributed by atoms with van der Waals surface area (Å²) in [4.78, 5) is 55.9. The van der Waals surface area contributed by atoms with Crippen molar-refractivity contribution in [2.24, 2.45) is 5.73 Å². The standard InChI is InChI=1S/C22H20ClN3O3S.C14H14ClNO2S.C8H8N2O2/c1-14(27)19-6-7-20(30-19)16-4-5-18(17(23)12-16)29-11-10-25-22(28)9-3-15-2-8-21(24)26-13-15;1-9(17)13-4-5-14(19-13)10-2-3-12(11(15)8-10)18-7-6-16;9-7-3-1-6(5-10-7)2-4-8(11)12/h2-9,12-13H,10-11H2,1H3,(H2,24,26)(H,25,28);2-5,8H,6-7,16H2,1H3;1-5H,(H2,9,10)(H,11,12)/b9-3+;;4-2+. The molecule has 0 radical (unpaired) electrons. The summed E-state index contributed by atoms with van der Waals surface area (Å²) in [7, 11) is 0. The van der Waals surface area contributed by atoms with Crippen LogP contribution in [0.4, 0.5) is 11.6 Å². The first kappa shape index (κ1) is 47.3. The highest BCUT2D eigenvalue weighted by Crippen LogP contribution is 2.35. The van der Waals surface area contributed by atoms with Gasteiger partial charge in [0.25, 0.3) is 0 Å². The van der Waals surface area contributed by atoms with Crippen molar-refractivity contribution in [1.29, 1.82) is 0 Å². The molecule has 0 bridgehead atoms. The number of halogens is 2. The average molecular weight is 902 g/mol. The van der Waals surface area contributed by atoms with E-state index >= 15 is 0 Å². The largest absolute Gasteiger partial charge is 0.491 e. The number of nitrogen functional groups attached to an aromatic ring is 2. The number of thiophene rings is 2. The lowest BCUT2D eigenvalue weighted by Gasteiger charge is -2.09. The van der Waals surface area contributed by atoms with Crippen molar-refractivity contribution in [3.05, 3.63) is 140 Å². The Balaban J connectivity index is 0.000000224. The van der Waals surface area contributed by atoms with Crippen molar-refractivity contribution in [3.8, 4) is 32.4 Å². The van der Waals surface area contributed by atoms with Crippen molar-refractivity contribution in [2.45, 2.75) is 13.8 Å². The highest BCUT2D eigenvalue weighted by Gasteiger charge is 2.11. The van der Waals surface area contributed by atoms with Gasteiger partial charge in [-0.1, -0.05) is 23.2 Å². The number of amides is 1. The van der Waals surface area contributed by atoms with Gasteiger partial charge in [0.1, 0.15) is 36.3 Å². The van der Waals surface area contributed by atoms with Crippen molar-refractivity contribution >= 4 is 93.1 Å². The zero-order valence-electron chi connectivity index (χ0n) is 33.0. The number of carbonyl (C=O) groups excluding carboxylic acids is 3. The van der Waals surface area contributed by atoms with Crippen LogP contribution in [-0.4, -0.2) is 64.8 Å². The van der Waals surface area contributed by atoms with Crippen LogP contribution in [0.2, 0.25) is 10.0 Å². The minimum absolute atomic E-state index is 0.0410. The van der Waals surface area contributed by atoms with Crippen molar-refractivity contribution in [3.63, 3.8) is 0 Å². The number of anilines is 2. The number of nitrogens with zero attached hydrogens (tertiary/aromatic N) is 2. The van der Waals surface area contributed by atoms with E-state index in [0.717, 1.165) is 37.4 Å². The zero-order valence-corrected chi connectivity index (χ0v) is 36.1. The lowest BCUT2D eigenvalue weighted by Crippen LogP contribution is -2.26. The van der Waals surface area contributed by atoms with Crippen LogP contribution in [0.3, 0.4) is 0 Å². The predicted molar refractivity (Wildman–Crippen MR) is 246 cm³/mol. The molecule has 61 heavy (non-hydrogen) atoms. The summed E-state index contributed by atoms with van der Waals surface area (Å²) in [6.45, 7) is 4.59. The smallest absolute Gasteiger partial charge is 0.328 e. The fourth-order valence-electron chi connectivity index (χ4n) is 4.84. The number of hydrogen-bond donors (Lipinski definition) is 5. The Labute approximate surface area is 370 Å². The summed E-state index contributed by atoms with van der Waals surface area (Å²) in [6.07, 6.45) is 8.67. The quantitative estimate of drug-likeness (QED) is 0.0371. The van der Waals surface area contributed by atoms with Crippen LogP contribution >= 0.6 is 45.9 Å². The number of aromatic nitrogens is 2. The van der Waals surface area contributed by atoms with Gasteiger partial charge in [-0.05, 0) is 133 Å². The maximum atomic E-state index is 11.9. The van der Waals surface area contributed by atoms with E-state index in [1.165, 1.54) is 41.0 Å². The third-order valence-corrected chi connectivity index (χ3v) is 10.9. The van der Waals surface area contributed by atoms with E-state index in [0.29, 0.717) is 63.3 Å². The third-order valence-electron chi connectivity index (χ3n) is 7.84. The fraction of sp³-hybridized carbons (Fsp3) is 0.136. The number of carbonyl (C=O) groups is 4. The number of carboxylic acids is 1. The first-order chi connectivity index (χ1) is 29.2. The molecule has 0 aliphatic heterocycles. The van der Waals surface area contributed by atoms with Crippen LogP contribution in [0.25, 0.3) is 33.0 Å². The molecule has 0 aliphatic carbocycles. The number of nitrogens with two attached hydrogens (primary N) is 3. The van der Waals surface area contributed by atoms with E-state index in [4.69, 9.17) is 55.0 Å². The normalized spacial score (nSPS) is 10.6. The van der Waals surface area contributed by atoms with Gasteiger partial charge < -0.3 is 37.1 Å². The maximum absolute atomic E-state index is 11.9. The Morgan fingerprint density at radius 2 is 1.16 bits per heavy atom. The van der Waals surface area contributed by atoms with E-state index < -0.39 is 5.97 Å². The molecule has 0 spiro atoms. The van der Waals surface area contributed by atoms with E-state index in [1.807, 2.05) is 48.5 Å². The number of aliphatic carboxylic acids is 1. The van der Waals surface area contributed by atoms with E-state index in [-0.39, 0.29) is 24.1 Å². The second-order valence-corrected chi connectivity index (χ2v) is 15.5. The molecule has 4 heterocycles. The van der Waals surface area contributed by atoms with Crippen molar-refractivity contribution in [2.75, 3.05) is 37.8 Å². The van der Waals surface area contributed by atoms with Crippen LogP contribution in [-0.2, 0) is 9.59 Å². The molecular formula is C44H42Cl2N6O7S2. The molecule has 0 aliphatic rings. The van der Waals surface area contributed by atoms with Gasteiger partial charge in [-0.2, -0.15) is 0 Å². The van der Waals surface area contributed by atoms with Gasteiger partial charge in [0.2, 0.25) is 5.91 Å². The van der Waals surface area contributed by atoms with Gasteiger partial charge in [-0.15, -0.1) is 22.7 Å². The molecule has 316 valence electrons. The average Bonchev–Trinajstić information content (AvgIpc) is 3.95. The van der Waals surface area contributed by atoms with Gasteiger partial charge in [-0.3, -0.25) is 14.4 Å². The van der Waals surface area contributed by atoms with Crippen LogP contribution < -0.4 is 32.0 Å². The molecule has 13 nitrogen and oxygen atoms in total. The molecule has 0 fully saturated rings. The van der Waals surface area contributed by atoms with Crippen molar-refractivity contribution < 1.29 is 33.8 Å². The van der Waals surface area contributed by atoms with Crippen LogP contribution in [0, 0.1) is 0 Å². The summed E-state index contributed by atoms with van der Waals surface area (Å²) in [6, 6.07) is 25.3. The first-order valence-corrected chi connectivity index (χ1v) is 20.7. The Morgan fingerprint density at radius 1 is 0.689 bits per heavy atom. The van der Waals surface area contributed by atoms with Crippen molar-refractivity contribution in [1.82, 2.24) is 15.3 Å². The summed E-state index contributed by atoms with van der Waals surface area (Å²) in [5.74, 6) is 0.895. The Bertz CT molecular complexity index is 2490.